The zero-order valence-electron chi connectivity index (χ0n) is 10.5. The number of rotatable bonds is 3. The van der Waals surface area contributed by atoms with E-state index in [0.29, 0.717) is 28.6 Å². The monoisotopic (exact) mass is 292 g/mol. The SMILES string of the molecule is O=C(O)[C@@H]1CCN(C(=O)c2cnc(-c3ccco3)s2)C1. The maximum Gasteiger partial charge on any atom is 0.308 e. The number of amides is 1. The number of hydrogen-bond acceptors (Lipinski definition) is 5. The predicted molar refractivity (Wildman–Crippen MR) is 71.5 cm³/mol. The molecule has 0 unspecified atom stereocenters. The molecule has 0 saturated carbocycles. The number of carbonyl (C=O) groups is 2. The molecule has 6 nitrogen and oxygen atoms in total. The van der Waals surface area contributed by atoms with E-state index in [0.717, 1.165) is 0 Å². The number of carboxylic acids is 1. The third kappa shape index (κ3) is 2.32. The molecule has 104 valence electrons. The Morgan fingerprint density at radius 2 is 2.35 bits per heavy atom. The molecule has 1 atom stereocenters. The van der Waals surface area contributed by atoms with Crippen molar-refractivity contribution < 1.29 is 19.1 Å². The summed E-state index contributed by atoms with van der Waals surface area (Å²) in [6, 6.07) is 3.54. The molecule has 7 heteroatoms. The average Bonchev–Trinajstić information content (AvgIpc) is 3.17. The summed E-state index contributed by atoms with van der Waals surface area (Å²) < 4.78 is 5.23. The molecular weight excluding hydrogens is 280 g/mol. The van der Waals surface area contributed by atoms with Gasteiger partial charge in [0.05, 0.1) is 18.4 Å². The molecule has 1 N–H and O–H groups in total. The van der Waals surface area contributed by atoms with Crippen molar-refractivity contribution in [3.63, 3.8) is 0 Å². The van der Waals surface area contributed by atoms with Crippen LogP contribution in [0.3, 0.4) is 0 Å². The second-order valence-electron chi connectivity index (χ2n) is 4.58. The minimum Gasteiger partial charge on any atom is -0.481 e. The third-order valence-electron chi connectivity index (χ3n) is 3.27. The normalized spacial score (nSPS) is 18.4. The lowest BCUT2D eigenvalue weighted by Gasteiger charge is -2.13. The van der Waals surface area contributed by atoms with Crippen LogP contribution in [0.25, 0.3) is 10.8 Å². The lowest BCUT2D eigenvalue weighted by molar-refractivity contribution is -0.141. The van der Waals surface area contributed by atoms with Crippen LogP contribution in [0.4, 0.5) is 0 Å². The van der Waals surface area contributed by atoms with Crippen LogP contribution in [-0.2, 0) is 4.79 Å². The van der Waals surface area contributed by atoms with Crippen LogP contribution < -0.4 is 0 Å². The number of carboxylic acid groups (broad SMARTS) is 1. The van der Waals surface area contributed by atoms with Crippen molar-refractivity contribution in [3.8, 4) is 10.8 Å². The minimum atomic E-state index is -0.846. The summed E-state index contributed by atoms with van der Waals surface area (Å²) >= 11 is 1.25. The Labute approximate surface area is 118 Å². The molecule has 0 aromatic carbocycles. The van der Waals surface area contributed by atoms with Gasteiger partial charge in [0.15, 0.2) is 10.8 Å². The lowest BCUT2D eigenvalue weighted by Crippen LogP contribution is -2.29. The molecular formula is C13H12N2O4S. The fourth-order valence-electron chi connectivity index (χ4n) is 2.19. The van der Waals surface area contributed by atoms with Crippen LogP contribution >= 0.6 is 11.3 Å². The summed E-state index contributed by atoms with van der Waals surface area (Å²) in [7, 11) is 0. The van der Waals surface area contributed by atoms with Crippen molar-refractivity contribution >= 4 is 23.2 Å². The van der Waals surface area contributed by atoms with Gasteiger partial charge in [0, 0.05) is 13.1 Å². The summed E-state index contributed by atoms with van der Waals surface area (Å²) in [6.45, 7) is 0.742. The number of thiazole rings is 1. The van der Waals surface area contributed by atoms with E-state index in [9.17, 15) is 9.59 Å². The highest BCUT2D eigenvalue weighted by atomic mass is 32.1. The number of aromatic nitrogens is 1. The Morgan fingerprint density at radius 3 is 3.00 bits per heavy atom. The summed E-state index contributed by atoms with van der Waals surface area (Å²) in [6.07, 6.45) is 3.57. The van der Waals surface area contributed by atoms with Gasteiger partial charge in [0.2, 0.25) is 0 Å². The Hall–Kier alpha value is -2.15. The van der Waals surface area contributed by atoms with Crippen molar-refractivity contribution in [1.29, 1.82) is 0 Å². The van der Waals surface area contributed by atoms with Gasteiger partial charge in [-0.1, -0.05) is 0 Å². The molecule has 2 aromatic heterocycles. The van der Waals surface area contributed by atoms with E-state index >= 15 is 0 Å². The van der Waals surface area contributed by atoms with E-state index in [2.05, 4.69) is 4.98 Å². The minimum absolute atomic E-state index is 0.163. The molecule has 1 fully saturated rings. The average molecular weight is 292 g/mol. The number of furan rings is 1. The molecule has 2 aromatic rings. The first-order valence-electron chi connectivity index (χ1n) is 6.17. The van der Waals surface area contributed by atoms with Crippen molar-refractivity contribution in [3.05, 3.63) is 29.5 Å². The maximum atomic E-state index is 12.3. The highest BCUT2D eigenvalue weighted by Gasteiger charge is 2.32. The van der Waals surface area contributed by atoms with Crippen molar-refractivity contribution in [2.45, 2.75) is 6.42 Å². The number of carbonyl (C=O) groups excluding carboxylic acids is 1. The standard InChI is InChI=1S/C13H12N2O4S/c16-12(15-4-3-8(7-15)13(17)18)10-6-14-11(20-10)9-2-1-5-19-9/h1-2,5-6,8H,3-4,7H2,(H,17,18)/t8-/m1/s1. The van der Waals surface area contributed by atoms with E-state index in [1.807, 2.05) is 0 Å². The number of aliphatic carboxylic acids is 1. The molecule has 3 heterocycles. The van der Waals surface area contributed by atoms with Gasteiger partial charge in [-0.05, 0) is 18.6 Å². The topological polar surface area (TPSA) is 83.6 Å². The van der Waals surface area contributed by atoms with Crippen molar-refractivity contribution in [2.24, 2.45) is 5.92 Å². The van der Waals surface area contributed by atoms with Crippen LogP contribution in [0.2, 0.25) is 0 Å². The molecule has 0 bridgehead atoms. The van der Waals surface area contributed by atoms with E-state index in [1.54, 1.807) is 23.3 Å². The summed E-state index contributed by atoms with van der Waals surface area (Å²) in [4.78, 5) is 29.4. The van der Waals surface area contributed by atoms with Crippen LogP contribution in [0.5, 0.6) is 0 Å². The Morgan fingerprint density at radius 1 is 1.50 bits per heavy atom. The summed E-state index contributed by atoms with van der Waals surface area (Å²) in [5.41, 5.74) is 0. The molecule has 0 radical (unpaired) electrons. The van der Waals surface area contributed by atoms with Gasteiger partial charge in [0.25, 0.3) is 5.91 Å². The Bertz CT molecular complexity index is 635. The van der Waals surface area contributed by atoms with Gasteiger partial charge in [-0.2, -0.15) is 0 Å². The van der Waals surface area contributed by atoms with E-state index < -0.39 is 11.9 Å². The highest BCUT2D eigenvalue weighted by Crippen LogP contribution is 2.27. The van der Waals surface area contributed by atoms with E-state index in [-0.39, 0.29) is 12.5 Å². The zero-order chi connectivity index (χ0) is 14.1. The third-order valence-corrected chi connectivity index (χ3v) is 4.27. The maximum absolute atomic E-state index is 12.3. The van der Waals surface area contributed by atoms with Gasteiger partial charge in [-0.3, -0.25) is 9.59 Å². The van der Waals surface area contributed by atoms with Gasteiger partial charge in [-0.15, -0.1) is 11.3 Å². The zero-order valence-corrected chi connectivity index (χ0v) is 11.3. The second kappa shape index (κ2) is 5.09. The molecule has 1 aliphatic heterocycles. The van der Waals surface area contributed by atoms with Gasteiger partial charge >= 0.3 is 5.97 Å². The van der Waals surface area contributed by atoms with Crippen molar-refractivity contribution in [1.82, 2.24) is 9.88 Å². The van der Waals surface area contributed by atoms with Crippen LogP contribution in [0.15, 0.2) is 29.0 Å². The molecule has 0 spiro atoms. The van der Waals surface area contributed by atoms with E-state index in [4.69, 9.17) is 9.52 Å². The molecule has 1 aliphatic rings. The first-order valence-corrected chi connectivity index (χ1v) is 6.98. The smallest absolute Gasteiger partial charge is 0.308 e. The number of nitrogens with zero attached hydrogens (tertiary/aromatic N) is 2. The summed E-state index contributed by atoms with van der Waals surface area (Å²) in [5.74, 6) is -0.847. The fourth-order valence-corrected chi connectivity index (χ4v) is 3.04. The van der Waals surface area contributed by atoms with E-state index in [1.165, 1.54) is 17.5 Å². The molecule has 20 heavy (non-hydrogen) atoms. The Kier molecular flexibility index (Phi) is 3.27. The lowest BCUT2D eigenvalue weighted by atomic mass is 10.1. The molecule has 3 rings (SSSR count). The van der Waals surface area contributed by atoms with Gasteiger partial charge in [-0.25, -0.2) is 4.98 Å². The predicted octanol–water partition coefficient (Wildman–Crippen LogP) is 1.95. The van der Waals surface area contributed by atoms with Gasteiger partial charge < -0.3 is 14.4 Å². The largest absolute Gasteiger partial charge is 0.481 e. The number of hydrogen-bond donors (Lipinski definition) is 1. The molecule has 0 aliphatic carbocycles. The first-order chi connectivity index (χ1) is 9.65. The first kappa shape index (κ1) is 12.9. The fraction of sp³-hybridized carbons (Fsp3) is 0.308. The van der Waals surface area contributed by atoms with Crippen LogP contribution in [-0.4, -0.2) is 40.0 Å². The highest BCUT2D eigenvalue weighted by molar-refractivity contribution is 7.16. The van der Waals surface area contributed by atoms with Crippen LogP contribution in [0.1, 0.15) is 16.1 Å². The second-order valence-corrected chi connectivity index (χ2v) is 5.61. The Balaban J connectivity index is 1.74. The van der Waals surface area contributed by atoms with Crippen LogP contribution in [0, 0.1) is 5.92 Å². The number of likely N-dealkylation sites (tertiary alicyclic amines) is 1. The van der Waals surface area contributed by atoms with Gasteiger partial charge in [0.1, 0.15) is 4.88 Å². The molecule has 1 amide bonds. The molecule has 1 saturated heterocycles. The van der Waals surface area contributed by atoms with Crippen molar-refractivity contribution in [2.75, 3.05) is 13.1 Å². The quantitative estimate of drug-likeness (QED) is 0.934. The summed E-state index contributed by atoms with van der Waals surface area (Å²) in [5, 5.41) is 9.60.